The van der Waals surface area contributed by atoms with E-state index in [2.05, 4.69) is 11.5 Å². The number of amides is 2. The first-order chi connectivity index (χ1) is 5.04. The molecule has 7 N–H and O–H groups in total. The Labute approximate surface area is 63.7 Å². The lowest BCUT2D eigenvalue weighted by Gasteiger charge is -1.87. The average Bonchev–Trinajstić information content (AvgIpc) is 1.87. The largest absolute Gasteiger partial charge is 0.510 e. The minimum absolute atomic E-state index is 0.192. The Kier molecular flexibility index (Phi) is 9.85. The summed E-state index contributed by atoms with van der Waals surface area (Å²) in [5.74, 6) is -0.192. The number of hydrogen-bond donors (Lipinski definition) is 5. The first-order valence-corrected chi connectivity index (χ1v) is 2.69. The summed E-state index contributed by atoms with van der Waals surface area (Å²) in [6.45, 7) is -0.632. The maximum Gasteiger partial charge on any atom is 0.309 e. The first kappa shape index (κ1) is 12.4. The summed E-state index contributed by atoms with van der Waals surface area (Å²) in [4.78, 5) is 9.00. The van der Waals surface area contributed by atoms with Crippen LogP contribution in [0.2, 0.25) is 0 Å². The van der Waals surface area contributed by atoms with Crippen molar-refractivity contribution in [3.05, 3.63) is 11.8 Å². The fraction of sp³-hybridized carbons (Fsp3) is 0.400. The van der Waals surface area contributed by atoms with E-state index in [9.17, 15) is 0 Å². The summed E-state index contributed by atoms with van der Waals surface area (Å²) in [6, 6.07) is -0.833. The van der Waals surface area contributed by atoms with E-state index in [0.717, 1.165) is 6.08 Å². The van der Waals surface area contributed by atoms with Crippen LogP contribution in [0.5, 0.6) is 0 Å². The number of urea groups is 1. The van der Waals surface area contributed by atoms with E-state index >= 15 is 0 Å². The molecule has 66 valence electrons. The van der Waals surface area contributed by atoms with Crippen molar-refractivity contribution in [3.63, 3.8) is 0 Å². The van der Waals surface area contributed by atoms with Gasteiger partial charge in [-0.25, -0.2) is 4.79 Å². The Morgan fingerprint density at radius 2 is 1.73 bits per heavy atom. The van der Waals surface area contributed by atoms with Crippen molar-refractivity contribution in [2.75, 3.05) is 13.2 Å². The van der Waals surface area contributed by atoms with Gasteiger partial charge in [0.25, 0.3) is 0 Å². The summed E-state index contributed by atoms with van der Waals surface area (Å²) in [5, 5.41) is 24.4. The Bertz CT molecular complexity index is 130. The van der Waals surface area contributed by atoms with Crippen molar-refractivity contribution in [1.82, 2.24) is 0 Å². The highest BCUT2D eigenvalue weighted by Gasteiger charge is 1.82. The highest BCUT2D eigenvalue weighted by Crippen LogP contribution is 1.80. The number of aliphatic hydroxyl groups excluding tert-OH is 3. The van der Waals surface area contributed by atoms with Crippen LogP contribution in [0.1, 0.15) is 0 Å². The normalized spacial score (nSPS) is 9.82. The van der Waals surface area contributed by atoms with Gasteiger partial charge in [0, 0.05) is 0 Å². The number of primary amides is 2. The van der Waals surface area contributed by atoms with Crippen LogP contribution in [0.3, 0.4) is 0 Å². The number of rotatable bonds is 2. The van der Waals surface area contributed by atoms with Gasteiger partial charge in [-0.15, -0.1) is 0 Å². The molecule has 0 unspecified atom stereocenters. The van der Waals surface area contributed by atoms with Crippen LogP contribution in [-0.2, 0) is 0 Å². The van der Waals surface area contributed by atoms with Gasteiger partial charge in [-0.2, -0.15) is 0 Å². The third kappa shape index (κ3) is 28.4. The van der Waals surface area contributed by atoms with E-state index in [-0.39, 0.29) is 12.4 Å². The monoisotopic (exact) mass is 164 g/mol. The van der Waals surface area contributed by atoms with Gasteiger partial charge >= 0.3 is 6.03 Å². The van der Waals surface area contributed by atoms with E-state index in [0.29, 0.717) is 0 Å². The van der Waals surface area contributed by atoms with E-state index in [1.165, 1.54) is 0 Å². The molecule has 0 aliphatic heterocycles. The van der Waals surface area contributed by atoms with Crippen LogP contribution in [0.15, 0.2) is 11.8 Å². The highest BCUT2D eigenvalue weighted by atomic mass is 16.3. The van der Waals surface area contributed by atoms with Gasteiger partial charge in [-0.3, -0.25) is 0 Å². The molecular formula is C5H12N2O4. The van der Waals surface area contributed by atoms with Crippen LogP contribution in [0.25, 0.3) is 0 Å². The molecule has 0 heterocycles. The van der Waals surface area contributed by atoms with Crippen molar-refractivity contribution in [2.45, 2.75) is 0 Å². The molecule has 0 bridgehead atoms. The molecule has 0 radical (unpaired) electrons. The minimum atomic E-state index is -0.833. The van der Waals surface area contributed by atoms with E-state index in [4.69, 9.17) is 20.1 Å². The summed E-state index contributed by atoms with van der Waals surface area (Å²) >= 11 is 0. The number of aliphatic hydroxyl groups is 3. The lowest BCUT2D eigenvalue weighted by atomic mass is 10.5. The van der Waals surface area contributed by atoms with Gasteiger partial charge in [0.2, 0.25) is 0 Å². The topological polar surface area (TPSA) is 130 Å². The molecule has 0 fully saturated rings. The fourth-order valence-electron chi connectivity index (χ4n) is 0.170. The smallest absolute Gasteiger partial charge is 0.309 e. The van der Waals surface area contributed by atoms with E-state index in [1.807, 2.05) is 0 Å². The van der Waals surface area contributed by atoms with Crippen molar-refractivity contribution >= 4 is 6.03 Å². The van der Waals surface area contributed by atoms with Gasteiger partial charge in [0.05, 0.1) is 13.2 Å². The minimum Gasteiger partial charge on any atom is -0.510 e. The van der Waals surface area contributed by atoms with Crippen LogP contribution in [0.4, 0.5) is 4.79 Å². The molecule has 2 amide bonds. The fourth-order valence-corrected chi connectivity index (χ4v) is 0.170. The van der Waals surface area contributed by atoms with Crippen LogP contribution >= 0.6 is 0 Å². The van der Waals surface area contributed by atoms with Gasteiger partial charge in [0.1, 0.15) is 5.76 Å². The highest BCUT2D eigenvalue weighted by molar-refractivity contribution is 5.69. The Morgan fingerprint density at radius 1 is 1.36 bits per heavy atom. The second kappa shape index (κ2) is 8.73. The average molecular weight is 164 g/mol. The van der Waals surface area contributed by atoms with Crippen LogP contribution in [-0.4, -0.2) is 34.6 Å². The zero-order chi connectivity index (χ0) is 9.28. The van der Waals surface area contributed by atoms with Crippen LogP contribution < -0.4 is 11.5 Å². The Balaban J connectivity index is 0. The van der Waals surface area contributed by atoms with E-state index < -0.39 is 12.6 Å². The third-order valence-corrected chi connectivity index (χ3v) is 0.489. The zero-order valence-electron chi connectivity index (χ0n) is 5.90. The number of nitrogens with two attached hydrogens (primary N) is 2. The third-order valence-electron chi connectivity index (χ3n) is 0.489. The molecular weight excluding hydrogens is 152 g/mol. The van der Waals surface area contributed by atoms with Gasteiger partial charge in [-0.05, 0) is 6.08 Å². The van der Waals surface area contributed by atoms with Crippen molar-refractivity contribution in [1.29, 1.82) is 0 Å². The maximum absolute atomic E-state index is 9.00. The number of hydrogen-bond acceptors (Lipinski definition) is 4. The molecule has 0 aromatic rings. The molecule has 0 aromatic carbocycles. The van der Waals surface area contributed by atoms with Gasteiger partial charge in [-0.1, -0.05) is 0 Å². The van der Waals surface area contributed by atoms with Crippen LogP contribution in [0, 0.1) is 0 Å². The molecule has 0 spiro atoms. The molecule has 0 rings (SSSR count). The predicted octanol–water partition coefficient (Wildman–Crippen LogP) is -1.56. The van der Waals surface area contributed by atoms with Crippen molar-refractivity contribution < 1.29 is 20.1 Å². The summed E-state index contributed by atoms with van der Waals surface area (Å²) in [7, 11) is 0. The van der Waals surface area contributed by atoms with Crippen molar-refractivity contribution in [2.24, 2.45) is 11.5 Å². The molecule has 0 saturated carbocycles. The van der Waals surface area contributed by atoms with E-state index in [1.54, 1.807) is 0 Å². The predicted molar refractivity (Wildman–Crippen MR) is 38.7 cm³/mol. The molecule has 11 heavy (non-hydrogen) atoms. The quantitative estimate of drug-likeness (QED) is 0.316. The van der Waals surface area contributed by atoms with Gasteiger partial charge in [0.15, 0.2) is 0 Å². The molecule has 0 atom stereocenters. The molecule has 0 aromatic heterocycles. The zero-order valence-corrected chi connectivity index (χ0v) is 5.90. The lowest BCUT2D eigenvalue weighted by Crippen LogP contribution is -2.18. The second-order valence-corrected chi connectivity index (χ2v) is 1.44. The van der Waals surface area contributed by atoms with Crippen molar-refractivity contribution in [3.8, 4) is 0 Å². The first-order valence-electron chi connectivity index (χ1n) is 2.69. The number of carbonyl (C=O) groups is 1. The summed E-state index contributed by atoms with van der Waals surface area (Å²) in [6.07, 6.45) is 1.12. The molecule has 6 nitrogen and oxygen atoms in total. The molecule has 0 aliphatic rings. The summed E-state index contributed by atoms with van der Waals surface area (Å²) in [5.41, 5.74) is 8.50. The molecule has 0 saturated heterocycles. The molecule has 6 heteroatoms. The SMILES string of the molecule is NC(N)=O.OCC=C(O)CO. The second-order valence-electron chi connectivity index (χ2n) is 1.44. The Hall–Kier alpha value is -1.27. The summed E-state index contributed by atoms with van der Waals surface area (Å²) < 4.78 is 0. The van der Waals surface area contributed by atoms with Gasteiger partial charge < -0.3 is 26.8 Å². The Morgan fingerprint density at radius 3 is 1.82 bits per heavy atom. The standard InChI is InChI=1S/C4H8O3.CH4N2O/c5-2-1-4(7)3-6;2-1(3)4/h1,5-7H,2-3H2;(H4,2,3,4). The lowest BCUT2D eigenvalue weighted by molar-refractivity contribution is 0.246. The maximum atomic E-state index is 9.00. The molecule has 0 aliphatic carbocycles. The number of carbonyl (C=O) groups excluding carboxylic acids is 1.